The van der Waals surface area contributed by atoms with E-state index in [4.69, 9.17) is 27.6 Å². The molecule has 1 aromatic heterocycles. The van der Waals surface area contributed by atoms with Crippen molar-refractivity contribution in [1.29, 1.82) is 0 Å². The second kappa shape index (κ2) is 5.67. The summed E-state index contributed by atoms with van der Waals surface area (Å²) < 4.78 is 6.49. The molecule has 1 aromatic carbocycles. The highest BCUT2D eigenvalue weighted by molar-refractivity contribution is 6.43. The lowest BCUT2D eigenvalue weighted by atomic mass is 9.53. The standard InChI is InChI=1S/C22H28Cl2O/c1-12-7-8-16-21(3,4)9-6-10-22(16,5)17-14-11-15(23)18(24)13(2)20(14)25-19(12)17/h11-12,16H,6-10H2,1-5H3/t12?,16-,22-/m1/s1. The number of hydrogen-bond donors (Lipinski definition) is 0. The summed E-state index contributed by atoms with van der Waals surface area (Å²) in [6, 6.07) is 2.05. The molecule has 136 valence electrons. The topological polar surface area (TPSA) is 13.1 Å². The van der Waals surface area contributed by atoms with Crippen LogP contribution in [0.1, 0.15) is 82.6 Å². The molecule has 3 atom stereocenters. The van der Waals surface area contributed by atoms with Gasteiger partial charge in [0.1, 0.15) is 11.3 Å². The number of benzene rings is 1. The van der Waals surface area contributed by atoms with Gasteiger partial charge in [-0.3, -0.25) is 0 Å². The molecule has 2 aliphatic carbocycles. The van der Waals surface area contributed by atoms with Crippen LogP contribution in [0.5, 0.6) is 0 Å². The molecule has 1 fully saturated rings. The minimum atomic E-state index is 0.149. The van der Waals surface area contributed by atoms with Crippen LogP contribution in [0.4, 0.5) is 0 Å². The van der Waals surface area contributed by atoms with Crippen molar-refractivity contribution in [3.05, 3.63) is 33.0 Å². The van der Waals surface area contributed by atoms with E-state index < -0.39 is 0 Å². The molecule has 0 radical (unpaired) electrons. The third-order valence-electron chi connectivity index (χ3n) is 7.26. The van der Waals surface area contributed by atoms with Gasteiger partial charge in [0.25, 0.3) is 0 Å². The maximum absolute atomic E-state index is 6.49. The van der Waals surface area contributed by atoms with Gasteiger partial charge in [0.15, 0.2) is 0 Å². The van der Waals surface area contributed by atoms with Gasteiger partial charge < -0.3 is 4.42 Å². The maximum Gasteiger partial charge on any atom is 0.139 e. The Morgan fingerprint density at radius 1 is 1.12 bits per heavy atom. The molecule has 1 heterocycles. The lowest BCUT2D eigenvalue weighted by molar-refractivity contribution is 0.0504. The first-order valence-electron chi connectivity index (χ1n) is 9.58. The van der Waals surface area contributed by atoms with Gasteiger partial charge in [0.05, 0.1) is 10.0 Å². The number of halogens is 2. The molecule has 1 unspecified atom stereocenters. The van der Waals surface area contributed by atoms with E-state index >= 15 is 0 Å². The predicted molar refractivity (Wildman–Crippen MR) is 107 cm³/mol. The van der Waals surface area contributed by atoms with Crippen LogP contribution in [0, 0.1) is 18.3 Å². The molecular formula is C22H28Cl2O. The molecule has 4 rings (SSSR count). The van der Waals surface area contributed by atoms with Crippen molar-refractivity contribution in [3.63, 3.8) is 0 Å². The molecule has 2 aromatic rings. The zero-order chi connectivity index (χ0) is 18.1. The highest BCUT2D eigenvalue weighted by atomic mass is 35.5. The zero-order valence-electron chi connectivity index (χ0n) is 15.9. The minimum Gasteiger partial charge on any atom is -0.460 e. The lowest BCUT2D eigenvalue weighted by Gasteiger charge is -2.50. The average Bonchev–Trinajstić information content (AvgIpc) is 2.86. The zero-order valence-corrected chi connectivity index (χ0v) is 17.4. The Morgan fingerprint density at radius 3 is 2.56 bits per heavy atom. The summed E-state index contributed by atoms with van der Waals surface area (Å²) in [7, 11) is 0. The van der Waals surface area contributed by atoms with E-state index in [1.165, 1.54) is 48.8 Å². The van der Waals surface area contributed by atoms with Gasteiger partial charge in [-0.25, -0.2) is 0 Å². The van der Waals surface area contributed by atoms with Crippen molar-refractivity contribution in [1.82, 2.24) is 0 Å². The Bertz CT molecular complexity index is 848. The molecule has 1 saturated carbocycles. The molecular weight excluding hydrogens is 351 g/mol. The summed E-state index contributed by atoms with van der Waals surface area (Å²) >= 11 is 12.9. The average molecular weight is 379 g/mol. The van der Waals surface area contributed by atoms with Crippen molar-refractivity contribution in [2.24, 2.45) is 11.3 Å². The number of aryl methyl sites for hydroxylation is 1. The number of rotatable bonds is 0. The number of hydrogen-bond acceptors (Lipinski definition) is 1. The van der Waals surface area contributed by atoms with Crippen molar-refractivity contribution < 1.29 is 4.42 Å². The Labute approximate surface area is 161 Å². The first-order chi connectivity index (χ1) is 11.7. The first-order valence-corrected chi connectivity index (χ1v) is 10.3. The number of furan rings is 1. The monoisotopic (exact) mass is 378 g/mol. The third kappa shape index (κ3) is 2.42. The Kier molecular flexibility index (Phi) is 4.02. The van der Waals surface area contributed by atoms with Crippen molar-refractivity contribution in [2.75, 3.05) is 0 Å². The van der Waals surface area contributed by atoms with Gasteiger partial charge in [-0.05, 0) is 55.4 Å². The van der Waals surface area contributed by atoms with Crippen LogP contribution in [0.15, 0.2) is 10.5 Å². The molecule has 1 nitrogen and oxygen atoms in total. The lowest BCUT2D eigenvalue weighted by Crippen LogP contribution is -2.44. The molecule has 0 spiro atoms. The summed E-state index contributed by atoms with van der Waals surface area (Å²) in [5, 5.41) is 2.46. The van der Waals surface area contributed by atoms with Gasteiger partial charge in [0.2, 0.25) is 0 Å². The van der Waals surface area contributed by atoms with E-state index in [0.29, 0.717) is 27.3 Å². The van der Waals surface area contributed by atoms with Crippen LogP contribution in [0.2, 0.25) is 10.0 Å². The number of fused-ring (bicyclic) bond motifs is 5. The van der Waals surface area contributed by atoms with Gasteiger partial charge in [-0.2, -0.15) is 0 Å². The van der Waals surface area contributed by atoms with Crippen molar-refractivity contribution >= 4 is 34.2 Å². The van der Waals surface area contributed by atoms with Gasteiger partial charge in [0, 0.05) is 22.4 Å². The molecule has 25 heavy (non-hydrogen) atoms. The smallest absolute Gasteiger partial charge is 0.139 e. The molecule has 0 N–H and O–H groups in total. The Hall–Kier alpha value is -0.660. The molecule has 0 saturated heterocycles. The largest absolute Gasteiger partial charge is 0.460 e. The fourth-order valence-electron chi connectivity index (χ4n) is 5.96. The van der Waals surface area contributed by atoms with E-state index in [2.05, 4.69) is 33.8 Å². The van der Waals surface area contributed by atoms with Gasteiger partial charge in [-0.15, -0.1) is 0 Å². The summed E-state index contributed by atoms with van der Waals surface area (Å²) in [5.74, 6) is 2.30. The second-order valence-electron chi connectivity index (χ2n) is 9.31. The molecule has 0 bridgehead atoms. The van der Waals surface area contributed by atoms with E-state index in [9.17, 15) is 0 Å². The van der Waals surface area contributed by atoms with Gasteiger partial charge >= 0.3 is 0 Å². The fourth-order valence-corrected chi connectivity index (χ4v) is 6.35. The summed E-state index contributed by atoms with van der Waals surface area (Å²) in [6.07, 6.45) is 6.29. The van der Waals surface area contributed by atoms with Crippen molar-refractivity contribution in [2.45, 2.75) is 78.1 Å². The second-order valence-corrected chi connectivity index (χ2v) is 10.1. The molecule has 2 aliphatic rings. The van der Waals surface area contributed by atoms with E-state index in [1.807, 2.05) is 6.92 Å². The van der Waals surface area contributed by atoms with Crippen LogP contribution < -0.4 is 0 Å². The van der Waals surface area contributed by atoms with E-state index in [0.717, 1.165) is 11.1 Å². The maximum atomic E-state index is 6.49. The summed E-state index contributed by atoms with van der Waals surface area (Å²) in [5.41, 5.74) is 3.85. The molecule has 0 aliphatic heterocycles. The third-order valence-corrected chi connectivity index (χ3v) is 8.14. The van der Waals surface area contributed by atoms with Crippen molar-refractivity contribution in [3.8, 4) is 0 Å². The van der Waals surface area contributed by atoms with Crippen LogP contribution in [0.3, 0.4) is 0 Å². The van der Waals surface area contributed by atoms with Crippen LogP contribution >= 0.6 is 23.2 Å². The summed E-state index contributed by atoms with van der Waals surface area (Å²) in [6.45, 7) is 11.7. The van der Waals surface area contributed by atoms with E-state index in [1.54, 1.807) is 0 Å². The Morgan fingerprint density at radius 2 is 1.84 bits per heavy atom. The van der Waals surface area contributed by atoms with E-state index in [-0.39, 0.29) is 5.41 Å². The minimum absolute atomic E-state index is 0.149. The predicted octanol–water partition coefficient (Wildman–Crippen LogP) is 8.03. The highest BCUT2D eigenvalue weighted by Crippen LogP contribution is 2.60. The summed E-state index contributed by atoms with van der Waals surface area (Å²) in [4.78, 5) is 0. The molecule has 3 heteroatoms. The SMILES string of the molecule is Cc1c(Cl)c(Cl)cc2c3c(oc12)C(C)CC[C@@H]1C(C)(C)CCC[C@@]31C. The highest BCUT2D eigenvalue weighted by Gasteiger charge is 2.51. The first kappa shape index (κ1) is 17.7. The van der Waals surface area contributed by atoms with Gasteiger partial charge in [-0.1, -0.05) is 57.3 Å². The van der Waals surface area contributed by atoms with Crippen LogP contribution in [0.25, 0.3) is 11.0 Å². The quantitative estimate of drug-likeness (QED) is 0.451. The van der Waals surface area contributed by atoms with Crippen LogP contribution in [-0.4, -0.2) is 0 Å². The fraction of sp³-hybridized carbons (Fsp3) is 0.636. The normalized spacial score (nSPS) is 31.5. The Balaban J connectivity index is 2.07. The van der Waals surface area contributed by atoms with Crippen LogP contribution in [-0.2, 0) is 5.41 Å². The molecule has 0 amide bonds.